The smallest absolute Gasteiger partial charge is 0.409 e. The maximum absolute atomic E-state index is 11.5. The standard InChI is InChI=1S/C12H21N5O2/c1-2-19-12(18)16-7-3-11(4-8-16)13-5-9-17-10-6-14-15-17/h6,10-11,13H,2-5,7-9H2,1H3. The Morgan fingerprint density at radius 2 is 2.26 bits per heavy atom. The predicted octanol–water partition coefficient (Wildman–Crippen LogP) is 0.489. The van der Waals surface area contributed by atoms with Crippen LogP contribution in [0, 0.1) is 0 Å². The Kier molecular flexibility index (Phi) is 5.14. The van der Waals surface area contributed by atoms with Crippen molar-refractivity contribution in [3.8, 4) is 0 Å². The van der Waals surface area contributed by atoms with Crippen LogP contribution in [0.25, 0.3) is 0 Å². The Balaban J connectivity index is 1.62. The van der Waals surface area contributed by atoms with Gasteiger partial charge in [0.15, 0.2) is 0 Å². The molecular weight excluding hydrogens is 246 g/mol. The van der Waals surface area contributed by atoms with Gasteiger partial charge in [-0.1, -0.05) is 5.21 Å². The van der Waals surface area contributed by atoms with Gasteiger partial charge in [0.05, 0.1) is 19.3 Å². The third-order valence-electron chi connectivity index (χ3n) is 3.27. The number of piperidine rings is 1. The summed E-state index contributed by atoms with van der Waals surface area (Å²) in [5.74, 6) is 0. The highest BCUT2D eigenvalue weighted by Gasteiger charge is 2.22. The van der Waals surface area contributed by atoms with E-state index < -0.39 is 0 Å². The summed E-state index contributed by atoms with van der Waals surface area (Å²) >= 11 is 0. The van der Waals surface area contributed by atoms with Crippen molar-refractivity contribution in [1.29, 1.82) is 0 Å². The molecule has 2 heterocycles. The van der Waals surface area contributed by atoms with Crippen LogP contribution in [0.3, 0.4) is 0 Å². The molecule has 7 nitrogen and oxygen atoms in total. The van der Waals surface area contributed by atoms with Crippen molar-refractivity contribution in [3.05, 3.63) is 12.4 Å². The number of hydrogen-bond acceptors (Lipinski definition) is 5. The highest BCUT2D eigenvalue weighted by molar-refractivity contribution is 5.67. The second-order valence-electron chi connectivity index (χ2n) is 4.58. The summed E-state index contributed by atoms with van der Waals surface area (Å²) in [7, 11) is 0. The Bertz CT molecular complexity index is 373. The lowest BCUT2D eigenvalue weighted by Gasteiger charge is -2.31. The number of carbonyl (C=O) groups is 1. The monoisotopic (exact) mass is 267 g/mol. The molecule has 0 unspecified atom stereocenters. The molecule has 1 aromatic rings. The third-order valence-corrected chi connectivity index (χ3v) is 3.27. The van der Waals surface area contributed by atoms with Gasteiger partial charge >= 0.3 is 6.09 Å². The highest BCUT2D eigenvalue weighted by Crippen LogP contribution is 2.11. The predicted molar refractivity (Wildman–Crippen MR) is 69.6 cm³/mol. The number of ether oxygens (including phenoxy) is 1. The minimum atomic E-state index is -0.191. The normalized spacial score (nSPS) is 16.6. The first-order valence-electron chi connectivity index (χ1n) is 6.78. The van der Waals surface area contributed by atoms with Crippen molar-refractivity contribution in [2.45, 2.75) is 32.4 Å². The Labute approximate surface area is 112 Å². The van der Waals surface area contributed by atoms with E-state index >= 15 is 0 Å². The first-order chi connectivity index (χ1) is 9.29. The summed E-state index contributed by atoms with van der Waals surface area (Å²) in [4.78, 5) is 13.3. The van der Waals surface area contributed by atoms with Gasteiger partial charge in [-0.05, 0) is 19.8 Å². The first-order valence-corrected chi connectivity index (χ1v) is 6.78. The molecule has 0 bridgehead atoms. The summed E-state index contributed by atoms with van der Waals surface area (Å²) in [6, 6.07) is 0.467. The van der Waals surface area contributed by atoms with E-state index in [9.17, 15) is 4.79 Å². The number of likely N-dealkylation sites (tertiary alicyclic amines) is 1. The van der Waals surface area contributed by atoms with E-state index in [0.717, 1.165) is 39.0 Å². The van der Waals surface area contributed by atoms with Crippen molar-refractivity contribution in [2.75, 3.05) is 26.2 Å². The number of nitrogens with one attached hydrogen (secondary N) is 1. The number of rotatable bonds is 5. The van der Waals surface area contributed by atoms with Gasteiger partial charge < -0.3 is 15.0 Å². The van der Waals surface area contributed by atoms with Crippen molar-refractivity contribution in [2.24, 2.45) is 0 Å². The Morgan fingerprint density at radius 3 is 2.89 bits per heavy atom. The molecule has 0 atom stereocenters. The highest BCUT2D eigenvalue weighted by atomic mass is 16.6. The molecule has 1 aromatic heterocycles. The fraction of sp³-hybridized carbons (Fsp3) is 0.750. The molecule has 1 N–H and O–H groups in total. The van der Waals surface area contributed by atoms with E-state index in [0.29, 0.717) is 12.6 Å². The third kappa shape index (κ3) is 4.20. The second kappa shape index (κ2) is 7.08. The van der Waals surface area contributed by atoms with Crippen molar-refractivity contribution in [3.63, 3.8) is 0 Å². The van der Waals surface area contributed by atoms with Crippen LogP contribution in [0.1, 0.15) is 19.8 Å². The van der Waals surface area contributed by atoms with Crippen LogP contribution in [0.5, 0.6) is 0 Å². The van der Waals surface area contributed by atoms with Gasteiger partial charge in [0.1, 0.15) is 0 Å². The van der Waals surface area contributed by atoms with Crippen LogP contribution in [0.15, 0.2) is 12.4 Å². The summed E-state index contributed by atoms with van der Waals surface area (Å²) < 4.78 is 6.80. The first kappa shape index (κ1) is 13.8. The molecule has 19 heavy (non-hydrogen) atoms. The van der Waals surface area contributed by atoms with E-state index in [1.54, 1.807) is 15.8 Å². The Morgan fingerprint density at radius 1 is 1.47 bits per heavy atom. The summed E-state index contributed by atoms with van der Waals surface area (Å²) in [6.45, 7) is 5.48. The van der Waals surface area contributed by atoms with E-state index in [1.807, 2.05) is 13.1 Å². The summed E-state index contributed by atoms with van der Waals surface area (Å²) in [6.07, 6.45) is 5.28. The summed E-state index contributed by atoms with van der Waals surface area (Å²) in [5.41, 5.74) is 0. The lowest BCUT2D eigenvalue weighted by atomic mass is 10.1. The molecule has 1 aliphatic rings. The van der Waals surface area contributed by atoms with Crippen LogP contribution < -0.4 is 5.32 Å². The average Bonchev–Trinajstić information content (AvgIpc) is 2.93. The van der Waals surface area contributed by atoms with E-state index in [-0.39, 0.29) is 6.09 Å². The number of carbonyl (C=O) groups excluding carboxylic acids is 1. The van der Waals surface area contributed by atoms with E-state index in [4.69, 9.17) is 4.74 Å². The lowest BCUT2D eigenvalue weighted by Crippen LogP contribution is -2.45. The molecule has 1 aliphatic heterocycles. The maximum atomic E-state index is 11.5. The van der Waals surface area contributed by atoms with Gasteiger partial charge in [-0.15, -0.1) is 5.10 Å². The topological polar surface area (TPSA) is 72.3 Å². The molecule has 1 saturated heterocycles. The minimum absolute atomic E-state index is 0.191. The molecule has 106 valence electrons. The number of hydrogen-bond donors (Lipinski definition) is 1. The second-order valence-corrected chi connectivity index (χ2v) is 4.58. The SMILES string of the molecule is CCOC(=O)N1CCC(NCCn2ccnn2)CC1. The quantitative estimate of drug-likeness (QED) is 0.840. The number of aromatic nitrogens is 3. The van der Waals surface area contributed by atoms with Gasteiger partial charge in [0.2, 0.25) is 0 Å². The minimum Gasteiger partial charge on any atom is -0.450 e. The molecule has 0 saturated carbocycles. The molecule has 0 spiro atoms. The Hall–Kier alpha value is -1.63. The van der Waals surface area contributed by atoms with Crippen LogP contribution in [0.4, 0.5) is 4.79 Å². The van der Waals surface area contributed by atoms with Gasteiger partial charge in [-0.3, -0.25) is 4.68 Å². The molecule has 1 fully saturated rings. The summed E-state index contributed by atoms with van der Waals surface area (Å²) in [5, 5.41) is 11.2. The molecule has 0 aliphatic carbocycles. The van der Waals surface area contributed by atoms with Gasteiger partial charge in [-0.2, -0.15) is 0 Å². The molecule has 0 aromatic carbocycles. The van der Waals surface area contributed by atoms with Gasteiger partial charge in [-0.25, -0.2) is 4.79 Å². The molecular formula is C12H21N5O2. The average molecular weight is 267 g/mol. The number of nitrogens with zero attached hydrogens (tertiary/aromatic N) is 4. The fourth-order valence-electron chi connectivity index (χ4n) is 2.22. The van der Waals surface area contributed by atoms with Gasteiger partial charge in [0, 0.05) is 31.9 Å². The zero-order chi connectivity index (χ0) is 13.5. The van der Waals surface area contributed by atoms with Crippen LogP contribution in [-0.2, 0) is 11.3 Å². The van der Waals surface area contributed by atoms with E-state index in [1.165, 1.54) is 0 Å². The molecule has 7 heteroatoms. The molecule has 0 radical (unpaired) electrons. The van der Waals surface area contributed by atoms with Gasteiger partial charge in [0.25, 0.3) is 0 Å². The lowest BCUT2D eigenvalue weighted by molar-refractivity contribution is 0.0950. The van der Waals surface area contributed by atoms with Crippen LogP contribution in [0.2, 0.25) is 0 Å². The zero-order valence-corrected chi connectivity index (χ0v) is 11.3. The largest absolute Gasteiger partial charge is 0.450 e. The van der Waals surface area contributed by atoms with Crippen LogP contribution >= 0.6 is 0 Å². The van der Waals surface area contributed by atoms with Crippen molar-refractivity contribution in [1.82, 2.24) is 25.2 Å². The van der Waals surface area contributed by atoms with Crippen molar-refractivity contribution < 1.29 is 9.53 Å². The maximum Gasteiger partial charge on any atom is 0.409 e. The molecule has 2 rings (SSSR count). The van der Waals surface area contributed by atoms with Crippen LogP contribution in [-0.4, -0.2) is 58.3 Å². The van der Waals surface area contributed by atoms with E-state index in [2.05, 4.69) is 15.6 Å². The fourth-order valence-corrected chi connectivity index (χ4v) is 2.22. The zero-order valence-electron chi connectivity index (χ0n) is 11.3. The molecule has 1 amide bonds. The number of amides is 1. The van der Waals surface area contributed by atoms with Crippen molar-refractivity contribution >= 4 is 6.09 Å².